The topological polar surface area (TPSA) is 53.8 Å². The van der Waals surface area contributed by atoms with E-state index in [1.165, 1.54) is 0 Å². The van der Waals surface area contributed by atoms with Gasteiger partial charge in [-0.1, -0.05) is 12.1 Å². The van der Waals surface area contributed by atoms with Crippen molar-refractivity contribution in [1.29, 1.82) is 0 Å². The second-order valence-electron chi connectivity index (χ2n) is 6.81. The highest BCUT2D eigenvalue weighted by atomic mass is 19.3. The van der Waals surface area contributed by atoms with E-state index < -0.39 is 6.55 Å². The number of fused-ring (bicyclic) bond motifs is 1. The van der Waals surface area contributed by atoms with E-state index in [-0.39, 0.29) is 6.03 Å². The quantitative estimate of drug-likeness (QED) is 0.819. The Morgan fingerprint density at radius 1 is 1.04 bits per heavy atom. The first kappa shape index (κ1) is 18.1. The molecule has 1 aromatic heterocycles. The number of imidazole rings is 1. The predicted molar refractivity (Wildman–Crippen MR) is 95.6 cm³/mol. The van der Waals surface area contributed by atoms with E-state index in [1.807, 2.05) is 9.80 Å². The second-order valence-corrected chi connectivity index (χ2v) is 6.81. The van der Waals surface area contributed by atoms with Gasteiger partial charge in [-0.25, -0.2) is 9.78 Å². The van der Waals surface area contributed by atoms with Gasteiger partial charge in [0, 0.05) is 39.3 Å². The van der Waals surface area contributed by atoms with E-state index in [2.05, 4.69) is 9.88 Å². The maximum Gasteiger partial charge on any atom is 0.320 e. The Labute approximate surface area is 156 Å². The van der Waals surface area contributed by atoms with Crippen LogP contribution in [-0.4, -0.2) is 82.8 Å². The first-order valence-electron chi connectivity index (χ1n) is 9.21. The number of ether oxygens (including phenoxy) is 1. The lowest BCUT2D eigenvalue weighted by atomic mass is 10.3. The minimum absolute atomic E-state index is 0.0396. The Kier molecular flexibility index (Phi) is 5.22. The molecule has 3 heterocycles. The molecule has 0 N–H and O–H groups in total. The number of halogens is 2. The molecule has 0 radical (unpaired) electrons. The fraction of sp³-hybridized carbons (Fsp3) is 0.556. The van der Waals surface area contributed by atoms with Crippen molar-refractivity contribution in [2.75, 3.05) is 52.5 Å². The minimum atomic E-state index is -2.63. The molecular formula is C18H23F2N5O2. The molecule has 0 bridgehead atoms. The number of morpholine rings is 1. The van der Waals surface area contributed by atoms with Crippen LogP contribution in [-0.2, 0) is 11.3 Å². The van der Waals surface area contributed by atoms with Gasteiger partial charge in [0.15, 0.2) is 0 Å². The van der Waals surface area contributed by atoms with Crippen molar-refractivity contribution in [1.82, 2.24) is 24.3 Å². The van der Waals surface area contributed by atoms with Crippen LogP contribution in [0.4, 0.5) is 13.6 Å². The van der Waals surface area contributed by atoms with Crippen LogP contribution >= 0.6 is 0 Å². The minimum Gasteiger partial charge on any atom is -0.378 e. The highest BCUT2D eigenvalue weighted by Crippen LogP contribution is 2.24. The van der Waals surface area contributed by atoms with Crippen LogP contribution in [0.3, 0.4) is 0 Å². The highest BCUT2D eigenvalue weighted by Gasteiger charge is 2.27. The average molecular weight is 379 g/mol. The first-order valence-corrected chi connectivity index (χ1v) is 9.21. The normalized spacial score (nSPS) is 19.2. The Morgan fingerprint density at radius 2 is 1.70 bits per heavy atom. The van der Waals surface area contributed by atoms with Gasteiger partial charge in [-0.15, -0.1) is 0 Å². The molecule has 27 heavy (non-hydrogen) atoms. The summed E-state index contributed by atoms with van der Waals surface area (Å²) < 4.78 is 33.4. The first-order chi connectivity index (χ1) is 13.1. The average Bonchev–Trinajstić information content (AvgIpc) is 3.06. The number of aromatic nitrogens is 2. The summed E-state index contributed by atoms with van der Waals surface area (Å²) in [6, 6.07) is 6.99. The number of para-hydroxylation sites is 2. The molecule has 2 aliphatic heterocycles. The van der Waals surface area contributed by atoms with Gasteiger partial charge in [-0.2, -0.15) is 8.78 Å². The van der Waals surface area contributed by atoms with Gasteiger partial charge in [0.25, 0.3) is 0 Å². The lowest BCUT2D eigenvalue weighted by Crippen LogP contribution is -2.54. The Hall–Kier alpha value is -2.26. The summed E-state index contributed by atoms with van der Waals surface area (Å²) in [6.07, 6.45) is 0. The SMILES string of the molecule is O=C(N1CCOCC1)N1CCN(Cc2nc3ccccc3n2C(F)F)CC1. The van der Waals surface area contributed by atoms with Crippen LogP contribution in [0.25, 0.3) is 11.0 Å². The third-order valence-electron chi connectivity index (χ3n) is 5.15. The number of carbonyl (C=O) groups is 1. The highest BCUT2D eigenvalue weighted by molar-refractivity contribution is 5.76. The molecule has 146 valence electrons. The van der Waals surface area contributed by atoms with E-state index in [0.717, 1.165) is 4.57 Å². The molecule has 1 aromatic carbocycles. The number of urea groups is 1. The standard InChI is InChI=1S/C18H23F2N5O2/c19-17(20)25-15-4-2-1-3-14(15)21-16(25)13-22-5-7-23(8-6-22)18(26)24-9-11-27-12-10-24/h1-4,17H,5-13H2. The lowest BCUT2D eigenvalue weighted by Gasteiger charge is -2.38. The van der Waals surface area contributed by atoms with Gasteiger partial charge in [0.1, 0.15) is 5.82 Å². The number of nitrogens with zero attached hydrogens (tertiary/aromatic N) is 5. The molecule has 9 heteroatoms. The molecule has 4 rings (SSSR count). The Bertz CT molecular complexity index is 798. The summed E-state index contributed by atoms with van der Waals surface area (Å²) in [5, 5.41) is 0. The summed E-state index contributed by atoms with van der Waals surface area (Å²) in [5.74, 6) is 0.360. The number of rotatable bonds is 3. The van der Waals surface area contributed by atoms with Crippen molar-refractivity contribution in [2.24, 2.45) is 0 Å². The summed E-state index contributed by atoms with van der Waals surface area (Å²) in [6.45, 7) is 2.58. The van der Waals surface area contributed by atoms with Crippen LogP contribution in [0.1, 0.15) is 12.4 Å². The number of alkyl halides is 2. The van der Waals surface area contributed by atoms with Crippen LogP contribution in [0.2, 0.25) is 0 Å². The monoisotopic (exact) mass is 379 g/mol. The summed E-state index contributed by atoms with van der Waals surface area (Å²) in [5.41, 5.74) is 1.03. The summed E-state index contributed by atoms with van der Waals surface area (Å²) in [7, 11) is 0. The van der Waals surface area contributed by atoms with Crippen molar-refractivity contribution in [3.8, 4) is 0 Å². The second kappa shape index (κ2) is 7.77. The number of hydrogen-bond donors (Lipinski definition) is 0. The van der Waals surface area contributed by atoms with Crippen molar-refractivity contribution in [2.45, 2.75) is 13.1 Å². The zero-order chi connectivity index (χ0) is 18.8. The van der Waals surface area contributed by atoms with Gasteiger partial charge >= 0.3 is 12.6 Å². The van der Waals surface area contributed by atoms with Gasteiger partial charge < -0.3 is 14.5 Å². The zero-order valence-corrected chi connectivity index (χ0v) is 15.1. The molecular weight excluding hydrogens is 356 g/mol. The number of amides is 2. The molecule has 2 aliphatic rings. The summed E-state index contributed by atoms with van der Waals surface area (Å²) >= 11 is 0. The molecule has 2 saturated heterocycles. The molecule has 2 aromatic rings. The number of piperazine rings is 1. The van der Waals surface area contributed by atoms with Crippen LogP contribution in [0.15, 0.2) is 24.3 Å². The lowest BCUT2D eigenvalue weighted by molar-refractivity contribution is 0.0363. The third kappa shape index (κ3) is 3.74. The van der Waals surface area contributed by atoms with E-state index in [4.69, 9.17) is 4.74 Å². The number of hydrogen-bond acceptors (Lipinski definition) is 4. The zero-order valence-electron chi connectivity index (χ0n) is 15.1. The predicted octanol–water partition coefficient (Wildman–Crippen LogP) is 2.00. The van der Waals surface area contributed by atoms with E-state index in [0.29, 0.717) is 75.9 Å². The van der Waals surface area contributed by atoms with Crippen molar-refractivity contribution >= 4 is 17.1 Å². The molecule has 0 atom stereocenters. The van der Waals surface area contributed by atoms with Gasteiger partial charge in [0.05, 0.1) is 30.8 Å². The molecule has 2 amide bonds. The smallest absolute Gasteiger partial charge is 0.320 e. The fourth-order valence-corrected chi connectivity index (χ4v) is 3.68. The van der Waals surface area contributed by atoms with Gasteiger partial charge in [0.2, 0.25) is 0 Å². The Balaban J connectivity index is 1.40. The molecule has 2 fully saturated rings. The van der Waals surface area contributed by atoms with E-state index in [1.54, 1.807) is 24.3 Å². The number of benzene rings is 1. The van der Waals surface area contributed by atoms with Crippen molar-refractivity contribution in [3.63, 3.8) is 0 Å². The molecule has 0 aliphatic carbocycles. The molecule has 0 spiro atoms. The maximum absolute atomic E-state index is 13.6. The van der Waals surface area contributed by atoms with Crippen molar-refractivity contribution in [3.05, 3.63) is 30.1 Å². The van der Waals surface area contributed by atoms with Crippen LogP contribution < -0.4 is 0 Å². The van der Waals surface area contributed by atoms with Crippen molar-refractivity contribution < 1.29 is 18.3 Å². The number of carbonyl (C=O) groups excluding carboxylic acids is 1. The molecule has 0 unspecified atom stereocenters. The van der Waals surface area contributed by atoms with Gasteiger partial charge in [-0.3, -0.25) is 9.47 Å². The van der Waals surface area contributed by atoms with Crippen LogP contribution in [0, 0.1) is 0 Å². The largest absolute Gasteiger partial charge is 0.378 e. The summed E-state index contributed by atoms with van der Waals surface area (Å²) in [4.78, 5) is 22.7. The molecule has 7 nitrogen and oxygen atoms in total. The van der Waals surface area contributed by atoms with E-state index >= 15 is 0 Å². The van der Waals surface area contributed by atoms with Gasteiger partial charge in [-0.05, 0) is 12.1 Å². The maximum atomic E-state index is 13.6. The van der Waals surface area contributed by atoms with E-state index in [9.17, 15) is 13.6 Å². The Morgan fingerprint density at radius 3 is 2.41 bits per heavy atom. The fourth-order valence-electron chi connectivity index (χ4n) is 3.68. The molecule has 0 saturated carbocycles. The third-order valence-corrected chi connectivity index (χ3v) is 5.15. The van der Waals surface area contributed by atoms with Crippen LogP contribution in [0.5, 0.6) is 0 Å².